The number of hydrogen-bond donors (Lipinski definition) is 0. The third-order valence-corrected chi connectivity index (χ3v) is 0.944. The second kappa shape index (κ2) is 5.29. The summed E-state index contributed by atoms with van der Waals surface area (Å²) in [7, 11) is 0. The SMILES string of the molecule is C=C(CC)N=C/C=C/C. The lowest BCUT2D eigenvalue weighted by atomic mass is 10.4. The fraction of sp³-hybridized carbons (Fsp3) is 0.375. The number of hydrogen-bond acceptors (Lipinski definition) is 1. The van der Waals surface area contributed by atoms with Gasteiger partial charge in [-0.15, -0.1) is 0 Å². The molecule has 0 saturated carbocycles. The molecular formula is C8H13N. The van der Waals surface area contributed by atoms with Crippen LogP contribution in [-0.2, 0) is 0 Å². The smallest absolute Gasteiger partial charge is 0.0329 e. The van der Waals surface area contributed by atoms with Crippen molar-refractivity contribution in [2.75, 3.05) is 0 Å². The number of allylic oxidation sites excluding steroid dienone is 3. The molecule has 0 atom stereocenters. The third kappa shape index (κ3) is 5.01. The van der Waals surface area contributed by atoms with Crippen LogP contribution in [-0.4, -0.2) is 6.21 Å². The van der Waals surface area contributed by atoms with Crippen molar-refractivity contribution in [3.8, 4) is 0 Å². The van der Waals surface area contributed by atoms with Crippen LogP contribution >= 0.6 is 0 Å². The quantitative estimate of drug-likeness (QED) is 0.511. The van der Waals surface area contributed by atoms with Gasteiger partial charge in [-0.1, -0.05) is 19.6 Å². The number of nitrogens with zero attached hydrogens (tertiary/aromatic N) is 1. The van der Waals surface area contributed by atoms with Crippen molar-refractivity contribution in [3.05, 3.63) is 24.4 Å². The van der Waals surface area contributed by atoms with Crippen LogP contribution in [0.2, 0.25) is 0 Å². The molecule has 0 radical (unpaired) electrons. The van der Waals surface area contributed by atoms with Crippen molar-refractivity contribution in [1.29, 1.82) is 0 Å². The maximum absolute atomic E-state index is 4.03. The molecule has 0 aromatic carbocycles. The normalized spacial score (nSPS) is 11.3. The summed E-state index contributed by atoms with van der Waals surface area (Å²) in [4.78, 5) is 4.03. The molecule has 0 rings (SSSR count). The van der Waals surface area contributed by atoms with Crippen LogP contribution in [0, 0.1) is 0 Å². The predicted molar refractivity (Wildman–Crippen MR) is 42.7 cm³/mol. The van der Waals surface area contributed by atoms with Gasteiger partial charge >= 0.3 is 0 Å². The zero-order chi connectivity index (χ0) is 7.11. The zero-order valence-corrected chi connectivity index (χ0v) is 6.09. The maximum Gasteiger partial charge on any atom is 0.0329 e. The molecule has 0 aromatic rings. The van der Waals surface area contributed by atoms with E-state index in [0.29, 0.717) is 0 Å². The third-order valence-electron chi connectivity index (χ3n) is 0.944. The molecular weight excluding hydrogens is 110 g/mol. The zero-order valence-electron chi connectivity index (χ0n) is 6.09. The highest BCUT2D eigenvalue weighted by molar-refractivity contribution is 5.71. The van der Waals surface area contributed by atoms with Gasteiger partial charge in [-0.05, 0) is 19.4 Å². The molecule has 0 amide bonds. The molecule has 0 aromatic heterocycles. The molecule has 0 unspecified atom stereocenters. The van der Waals surface area contributed by atoms with Gasteiger partial charge in [0.1, 0.15) is 0 Å². The van der Waals surface area contributed by atoms with Crippen molar-refractivity contribution in [2.24, 2.45) is 4.99 Å². The average molecular weight is 123 g/mol. The highest BCUT2D eigenvalue weighted by Crippen LogP contribution is 1.95. The van der Waals surface area contributed by atoms with Crippen molar-refractivity contribution < 1.29 is 0 Å². The lowest BCUT2D eigenvalue weighted by Crippen LogP contribution is -1.70. The highest BCUT2D eigenvalue weighted by atomic mass is 14.7. The molecule has 0 spiro atoms. The Morgan fingerprint density at radius 3 is 2.78 bits per heavy atom. The standard InChI is InChI=1S/C8H13N/c1-4-6-7-9-8(3)5-2/h4,6-7H,3,5H2,1-2H3/b6-4+,9-7?. The minimum atomic E-state index is 0.924. The summed E-state index contributed by atoms with van der Waals surface area (Å²) >= 11 is 0. The summed E-state index contributed by atoms with van der Waals surface area (Å²) in [6, 6.07) is 0. The monoisotopic (exact) mass is 123 g/mol. The minimum Gasteiger partial charge on any atom is -0.262 e. The van der Waals surface area contributed by atoms with Gasteiger partial charge in [-0.3, -0.25) is 4.99 Å². The van der Waals surface area contributed by atoms with E-state index < -0.39 is 0 Å². The molecule has 0 fully saturated rings. The van der Waals surface area contributed by atoms with Gasteiger partial charge in [-0.2, -0.15) is 0 Å². The fourth-order valence-electron chi connectivity index (χ4n) is 0.326. The molecule has 50 valence electrons. The van der Waals surface area contributed by atoms with Crippen molar-refractivity contribution in [2.45, 2.75) is 20.3 Å². The first-order chi connectivity index (χ1) is 4.31. The Labute approximate surface area is 56.8 Å². The van der Waals surface area contributed by atoms with Gasteiger partial charge in [0.2, 0.25) is 0 Å². The Hall–Kier alpha value is -0.850. The van der Waals surface area contributed by atoms with E-state index in [-0.39, 0.29) is 0 Å². The lowest BCUT2D eigenvalue weighted by Gasteiger charge is -1.86. The first-order valence-electron chi connectivity index (χ1n) is 3.14. The Morgan fingerprint density at radius 2 is 2.33 bits per heavy atom. The lowest BCUT2D eigenvalue weighted by molar-refractivity contribution is 1.08. The number of aliphatic imine (C=N–C) groups is 1. The van der Waals surface area contributed by atoms with Gasteiger partial charge in [0.05, 0.1) is 0 Å². The highest BCUT2D eigenvalue weighted by Gasteiger charge is 1.77. The van der Waals surface area contributed by atoms with E-state index >= 15 is 0 Å². The maximum atomic E-state index is 4.03. The molecule has 1 nitrogen and oxygen atoms in total. The van der Waals surface area contributed by atoms with Crippen LogP contribution in [0.3, 0.4) is 0 Å². The molecule has 0 aliphatic carbocycles. The van der Waals surface area contributed by atoms with Crippen molar-refractivity contribution >= 4 is 6.21 Å². The van der Waals surface area contributed by atoms with Crippen LogP contribution in [0.15, 0.2) is 29.4 Å². The summed E-state index contributed by atoms with van der Waals surface area (Å²) < 4.78 is 0. The molecule has 0 N–H and O–H groups in total. The molecule has 0 saturated heterocycles. The second-order valence-electron chi connectivity index (χ2n) is 1.72. The van der Waals surface area contributed by atoms with Crippen molar-refractivity contribution in [1.82, 2.24) is 0 Å². The largest absolute Gasteiger partial charge is 0.262 e. The Balaban J connectivity index is 3.57. The predicted octanol–water partition coefficient (Wildman–Crippen LogP) is 2.56. The van der Waals surface area contributed by atoms with Gasteiger partial charge < -0.3 is 0 Å². The first-order valence-corrected chi connectivity index (χ1v) is 3.14. The Kier molecular flexibility index (Phi) is 4.79. The van der Waals surface area contributed by atoms with Crippen LogP contribution in [0.1, 0.15) is 20.3 Å². The van der Waals surface area contributed by atoms with E-state index in [2.05, 4.69) is 11.6 Å². The Morgan fingerprint density at radius 1 is 1.67 bits per heavy atom. The summed E-state index contributed by atoms with van der Waals surface area (Å²) in [5.74, 6) is 0. The summed E-state index contributed by atoms with van der Waals surface area (Å²) in [6.45, 7) is 7.71. The number of rotatable bonds is 3. The van der Waals surface area contributed by atoms with Crippen LogP contribution < -0.4 is 0 Å². The molecule has 0 aliphatic rings. The summed E-state index contributed by atoms with van der Waals surface area (Å²) in [6.07, 6.45) is 6.51. The van der Waals surface area contributed by atoms with Gasteiger partial charge in [0.15, 0.2) is 0 Å². The van der Waals surface area contributed by atoms with Gasteiger partial charge in [0, 0.05) is 11.9 Å². The molecule has 0 bridgehead atoms. The van der Waals surface area contributed by atoms with Crippen molar-refractivity contribution in [3.63, 3.8) is 0 Å². The average Bonchev–Trinajstić information content (AvgIpc) is 1.89. The van der Waals surface area contributed by atoms with Crippen LogP contribution in [0.25, 0.3) is 0 Å². The Bertz CT molecular complexity index is 132. The van der Waals surface area contributed by atoms with E-state index in [1.54, 1.807) is 6.21 Å². The second-order valence-corrected chi connectivity index (χ2v) is 1.72. The van der Waals surface area contributed by atoms with Gasteiger partial charge in [-0.25, -0.2) is 0 Å². The molecule has 0 aliphatic heterocycles. The van der Waals surface area contributed by atoms with E-state index in [9.17, 15) is 0 Å². The summed E-state index contributed by atoms with van der Waals surface area (Å²) in [5, 5.41) is 0. The summed E-state index contributed by atoms with van der Waals surface area (Å²) in [5.41, 5.74) is 0.924. The first kappa shape index (κ1) is 8.15. The van der Waals surface area contributed by atoms with Crippen LogP contribution in [0.5, 0.6) is 0 Å². The van der Waals surface area contributed by atoms with Crippen LogP contribution in [0.4, 0.5) is 0 Å². The van der Waals surface area contributed by atoms with E-state index in [1.807, 2.05) is 26.0 Å². The topological polar surface area (TPSA) is 12.4 Å². The molecule has 1 heteroatoms. The molecule has 9 heavy (non-hydrogen) atoms. The van der Waals surface area contributed by atoms with E-state index in [0.717, 1.165) is 12.1 Å². The van der Waals surface area contributed by atoms with E-state index in [4.69, 9.17) is 0 Å². The molecule has 0 heterocycles. The van der Waals surface area contributed by atoms with Gasteiger partial charge in [0.25, 0.3) is 0 Å². The minimum absolute atomic E-state index is 0.924. The van der Waals surface area contributed by atoms with E-state index in [1.165, 1.54) is 0 Å². The fourth-order valence-corrected chi connectivity index (χ4v) is 0.326.